The Balaban J connectivity index is 2.02. The van der Waals surface area contributed by atoms with E-state index in [0.717, 1.165) is 24.1 Å². The van der Waals surface area contributed by atoms with Crippen LogP contribution in [-0.2, 0) is 6.54 Å². The summed E-state index contributed by atoms with van der Waals surface area (Å²) < 4.78 is 1.16. The fourth-order valence-corrected chi connectivity index (χ4v) is 2.42. The lowest BCUT2D eigenvalue weighted by Crippen LogP contribution is -2.26. The SMILES string of the molecule is C#CCNCCNCc1cc(Br)cs1. The fraction of sp³-hybridized carbons (Fsp3) is 0.400. The van der Waals surface area contributed by atoms with Crippen molar-refractivity contribution in [3.05, 3.63) is 20.8 Å². The minimum Gasteiger partial charge on any atom is -0.311 e. The zero-order chi connectivity index (χ0) is 10.2. The van der Waals surface area contributed by atoms with E-state index >= 15 is 0 Å². The Kier molecular flexibility index (Phi) is 5.88. The summed E-state index contributed by atoms with van der Waals surface area (Å²) in [5.41, 5.74) is 0. The van der Waals surface area contributed by atoms with Gasteiger partial charge in [-0.15, -0.1) is 17.8 Å². The minimum absolute atomic E-state index is 0.645. The molecular formula is C10H13BrN2S. The Bertz CT molecular complexity index is 303. The Hall–Kier alpha value is -0.340. The van der Waals surface area contributed by atoms with E-state index in [1.807, 2.05) is 0 Å². The van der Waals surface area contributed by atoms with Gasteiger partial charge in [0.05, 0.1) is 6.54 Å². The molecule has 76 valence electrons. The van der Waals surface area contributed by atoms with Crippen LogP contribution in [0.4, 0.5) is 0 Å². The highest BCUT2D eigenvalue weighted by molar-refractivity contribution is 9.10. The van der Waals surface area contributed by atoms with Crippen molar-refractivity contribution in [3.8, 4) is 12.3 Å². The van der Waals surface area contributed by atoms with E-state index in [9.17, 15) is 0 Å². The summed E-state index contributed by atoms with van der Waals surface area (Å²) >= 11 is 5.18. The highest BCUT2D eigenvalue weighted by Crippen LogP contribution is 2.19. The van der Waals surface area contributed by atoms with Crippen LogP contribution in [0.15, 0.2) is 15.9 Å². The molecule has 4 heteroatoms. The molecule has 0 spiro atoms. The first-order valence-corrected chi connectivity index (χ1v) is 6.08. The summed E-state index contributed by atoms with van der Waals surface area (Å²) in [6.07, 6.45) is 5.10. The number of halogens is 1. The molecule has 0 unspecified atom stereocenters. The lowest BCUT2D eigenvalue weighted by Gasteiger charge is -2.02. The molecule has 1 aromatic rings. The molecule has 0 fully saturated rings. The van der Waals surface area contributed by atoms with Gasteiger partial charge in [-0.25, -0.2) is 0 Å². The van der Waals surface area contributed by atoms with Gasteiger partial charge in [-0.1, -0.05) is 5.92 Å². The average Bonchev–Trinajstić information content (AvgIpc) is 2.58. The Morgan fingerprint density at radius 2 is 2.21 bits per heavy atom. The van der Waals surface area contributed by atoms with E-state index < -0.39 is 0 Å². The second-order valence-electron chi connectivity index (χ2n) is 2.79. The lowest BCUT2D eigenvalue weighted by atomic mass is 10.4. The Morgan fingerprint density at radius 3 is 2.86 bits per heavy atom. The van der Waals surface area contributed by atoms with Gasteiger partial charge in [0, 0.05) is 34.4 Å². The predicted molar refractivity (Wildman–Crippen MR) is 65.4 cm³/mol. The molecule has 1 aromatic heterocycles. The van der Waals surface area contributed by atoms with Crippen LogP contribution in [0.1, 0.15) is 4.88 Å². The molecule has 14 heavy (non-hydrogen) atoms. The van der Waals surface area contributed by atoms with Gasteiger partial charge in [0.25, 0.3) is 0 Å². The first kappa shape index (κ1) is 11.7. The van der Waals surface area contributed by atoms with Gasteiger partial charge in [0.1, 0.15) is 0 Å². The maximum Gasteiger partial charge on any atom is 0.0574 e. The van der Waals surface area contributed by atoms with Crippen LogP contribution >= 0.6 is 27.3 Å². The standard InChI is InChI=1S/C10H13BrN2S/c1-2-3-12-4-5-13-7-10-6-9(11)8-14-10/h1,6,8,12-13H,3-5,7H2. The van der Waals surface area contributed by atoms with Crippen LogP contribution in [0.3, 0.4) is 0 Å². The predicted octanol–water partition coefficient (Wildman–Crippen LogP) is 1.82. The van der Waals surface area contributed by atoms with Crippen LogP contribution in [0, 0.1) is 12.3 Å². The van der Waals surface area contributed by atoms with Gasteiger partial charge in [0.15, 0.2) is 0 Å². The van der Waals surface area contributed by atoms with E-state index in [-0.39, 0.29) is 0 Å². The van der Waals surface area contributed by atoms with E-state index in [1.54, 1.807) is 11.3 Å². The molecule has 0 radical (unpaired) electrons. The number of hydrogen-bond acceptors (Lipinski definition) is 3. The highest BCUT2D eigenvalue weighted by atomic mass is 79.9. The molecule has 0 bridgehead atoms. The molecule has 1 rings (SSSR count). The summed E-state index contributed by atoms with van der Waals surface area (Å²) in [5, 5.41) is 8.55. The number of terminal acetylenes is 1. The first-order valence-electron chi connectivity index (χ1n) is 4.40. The van der Waals surface area contributed by atoms with Crippen LogP contribution in [-0.4, -0.2) is 19.6 Å². The van der Waals surface area contributed by atoms with Crippen LogP contribution in [0.25, 0.3) is 0 Å². The Morgan fingerprint density at radius 1 is 1.43 bits per heavy atom. The van der Waals surface area contributed by atoms with Crippen molar-refractivity contribution in [3.63, 3.8) is 0 Å². The second-order valence-corrected chi connectivity index (χ2v) is 4.70. The molecule has 0 aliphatic carbocycles. The topological polar surface area (TPSA) is 24.1 Å². The summed E-state index contributed by atoms with van der Waals surface area (Å²) in [6.45, 7) is 3.42. The monoisotopic (exact) mass is 272 g/mol. The van der Waals surface area contributed by atoms with Crippen molar-refractivity contribution in [1.29, 1.82) is 0 Å². The largest absolute Gasteiger partial charge is 0.311 e. The third-order valence-electron chi connectivity index (χ3n) is 1.63. The molecule has 2 nitrogen and oxygen atoms in total. The quantitative estimate of drug-likeness (QED) is 0.610. The number of nitrogens with one attached hydrogen (secondary N) is 2. The minimum atomic E-state index is 0.645. The van der Waals surface area contributed by atoms with Gasteiger partial charge in [-0.05, 0) is 22.0 Å². The Labute approximate surface area is 97.2 Å². The summed E-state index contributed by atoms with van der Waals surface area (Å²) in [4.78, 5) is 1.34. The summed E-state index contributed by atoms with van der Waals surface area (Å²) in [5.74, 6) is 2.54. The van der Waals surface area contributed by atoms with Crippen molar-refractivity contribution in [1.82, 2.24) is 10.6 Å². The molecule has 0 atom stereocenters. The third-order valence-corrected chi connectivity index (χ3v) is 3.32. The number of rotatable bonds is 6. The van der Waals surface area contributed by atoms with E-state index in [4.69, 9.17) is 6.42 Å². The van der Waals surface area contributed by atoms with E-state index in [0.29, 0.717) is 6.54 Å². The zero-order valence-corrected chi connectivity index (χ0v) is 10.2. The van der Waals surface area contributed by atoms with Gasteiger partial charge in [-0.3, -0.25) is 0 Å². The molecule has 0 saturated heterocycles. The molecule has 1 heterocycles. The fourth-order valence-electron chi connectivity index (χ4n) is 0.995. The van der Waals surface area contributed by atoms with Crippen molar-refractivity contribution < 1.29 is 0 Å². The summed E-state index contributed by atoms with van der Waals surface area (Å²) in [7, 11) is 0. The number of hydrogen-bond donors (Lipinski definition) is 2. The lowest BCUT2D eigenvalue weighted by molar-refractivity contribution is 0.642. The van der Waals surface area contributed by atoms with Gasteiger partial charge in [-0.2, -0.15) is 0 Å². The normalized spacial score (nSPS) is 10.0. The first-order chi connectivity index (χ1) is 6.83. The second kappa shape index (κ2) is 7.02. The van der Waals surface area contributed by atoms with E-state index in [1.165, 1.54) is 4.88 Å². The molecule has 0 aromatic carbocycles. The van der Waals surface area contributed by atoms with Crippen molar-refractivity contribution >= 4 is 27.3 Å². The molecule has 0 amide bonds. The molecule has 0 saturated carbocycles. The van der Waals surface area contributed by atoms with Crippen molar-refractivity contribution in [2.45, 2.75) is 6.54 Å². The zero-order valence-electron chi connectivity index (χ0n) is 7.85. The van der Waals surface area contributed by atoms with Crippen LogP contribution < -0.4 is 10.6 Å². The van der Waals surface area contributed by atoms with Crippen LogP contribution in [0.2, 0.25) is 0 Å². The van der Waals surface area contributed by atoms with Gasteiger partial charge >= 0.3 is 0 Å². The third kappa shape index (κ3) is 4.77. The molecule has 2 N–H and O–H groups in total. The molecule has 0 aliphatic rings. The number of thiophene rings is 1. The molecule has 0 aliphatic heterocycles. The molecular weight excluding hydrogens is 260 g/mol. The van der Waals surface area contributed by atoms with Crippen molar-refractivity contribution in [2.75, 3.05) is 19.6 Å². The van der Waals surface area contributed by atoms with Gasteiger partial charge < -0.3 is 10.6 Å². The van der Waals surface area contributed by atoms with Gasteiger partial charge in [0.2, 0.25) is 0 Å². The maximum absolute atomic E-state index is 5.10. The summed E-state index contributed by atoms with van der Waals surface area (Å²) in [6, 6.07) is 2.13. The average molecular weight is 273 g/mol. The van der Waals surface area contributed by atoms with Crippen molar-refractivity contribution in [2.24, 2.45) is 0 Å². The smallest absolute Gasteiger partial charge is 0.0574 e. The van der Waals surface area contributed by atoms with E-state index in [2.05, 4.69) is 43.9 Å². The maximum atomic E-state index is 5.10. The van der Waals surface area contributed by atoms with Crippen LogP contribution in [0.5, 0.6) is 0 Å². The highest BCUT2D eigenvalue weighted by Gasteiger charge is 1.95.